The van der Waals surface area contributed by atoms with Gasteiger partial charge in [0, 0.05) is 13.2 Å². The van der Waals surface area contributed by atoms with Crippen LogP contribution in [0.2, 0.25) is 0 Å². The maximum Gasteiger partial charge on any atom is 0.258 e. The van der Waals surface area contributed by atoms with Gasteiger partial charge in [-0.05, 0) is 26.0 Å². The van der Waals surface area contributed by atoms with Crippen LogP contribution < -0.4 is 5.56 Å². The van der Waals surface area contributed by atoms with Crippen LogP contribution in [-0.4, -0.2) is 53.7 Å². The van der Waals surface area contributed by atoms with Crippen molar-refractivity contribution in [2.45, 2.75) is 26.4 Å². The standard InChI is InChI=1S/C17H23N3O4/c1-12(2)20(16(21)11-24-9-8-23-3)10-15-18-14-7-5-4-6-13(14)17(22)19-15/h4-7,12H,8-11H2,1-3H3,(H,18,19,22). The second-order valence-electron chi connectivity index (χ2n) is 5.69. The van der Waals surface area contributed by atoms with Gasteiger partial charge in [-0.3, -0.25) is 9.59 Å². The first-order valence-electron chi connectivity index (χ1n) is 7.87. The molecular formula is C17H23N3O4. The van der Waals surface area contributed by atoms with Gasteiger partial charge in [-0.25, -0.2) is 4.98 Å². The average Bonchev–Trinajstić information content (AvgIpc) is 2.56. The minimum atomic E-state index is -0.205. The Hall–Kier alpha value is -2.25. The zero-order valence-electron chi connectivity index (χ0n) is 14.2. The number of benzene rings is 1. The van der Waals surface area contributed by atoms with E-state index in [9.17, 15) is 9.59 Å². The van der Waals surface area contributed by atoms with Crippen LogP contribution in [0.3, 0.4) is 0 Å². The molecule has 0 radical (unpaired) electrons. The number of nitrogens with zero attached hydrogens (tertiary/aromatic N) is 2. The molecule has 0 aliphatic heterocycles. The van der Waals surface area contributed by atoms with E-state index in [1.807, 2.05) is 19.9 Å². The van der Waals surface area contributed by atoms with E-state index >= 15 is 0 Å². The third kappa shape index (κ3) is 4.62. The molecule has 0 fully saturated rings. The second-order valence-corrected chi connectivity index (χ2v) is 5.69. The molecule has 0 atom stereocenters. The molecule has 24 heavy (non-hydrogen) atoms. The Morgan fingerprint density at radius 3 is 2.75 bits per heavy atom. The summed E-state index contributed by atoms with van der Waals surface area (Å²) in [6.07, 6.45) is 0. The van der Waals surface area contributed by atoms with Crippen LogP contribution in [0.15, 0.2) is 29.1 Å². The molecule has 1 N–H and O–H groups in total. The maximum atomic E-state index is 12.3. The summed E-state index contributed by atoms with van der Waals surface area (Å²) in [5, 5.41) is 0.534. The number of amides is 1. The summed E-state index contributed by atoms with van der Waals surface area (Å²) in [6.45, 7) is 4.82. The van der Waals surface area contributed by atoms with Crippen molar-refractivity contribution in [3.63, 3.8) is 0 Å². The number of methoxy groups -OCH3 is 1. The number of para-hydroxylation sites is 1. The van der Waals surface area contributed by atoms with Crippen LogP contribution >= 0.6 is 0 Å². The number of carbonyl (C=O) groups is 1. The van der Waals surface area contributed by atoms with E-state index in [2.05, 4.69) is 9.97 Å². The van der Waals surface area contributed by atoms with Crippen LogP contribution in [0.25, 0.3) is 10.9 Å². The first-order chi connectivity index (χ1) is 11.5. The van der Waals surface area contributed by atoms with E-state index in [0.29, 0.717) is 29.9 Å². The summed E-state index contributed by atoms with van der Waals surface area (Å²) in [6, 6.07) is 7.08. The Labute approximate surface area is 140 Å². The fourth-order valence-electron chi connectivity index (χ4n) is 2.31. The van der Waals surface area contributed by atoms with Crippen LogP contribution in [0.4, 0.5) is 0 Å². The van der Waals surface area contributed by atoms with Crippen LogP contribution in [0.5, 0.6) is 0 Å². The predicted octanol–water partition coefficient (Wildman–Crippen LogP) is 1.32. The second kappa shape index (κ2) is 8.56. The maximum absolute atomic E-state index is 12.3. The van der Waals surface area contributed by atoms with Gasteiger partial charge in [0.2, 0.25) is 5.91 Å². The zero-order valence-corrected chi connectivity index (χ0v) is 14.2. The van der Waals surface area contributed by atoms with Crippen LogP contribution in [0, 0.1) is 0 Å². The van der Waals surface area contributed by atoms with Crippen molar-refractivity contribution >= 4 is 16.8 Å². The smallest absolute Gasteiger partial charge is 0.258 e. The molecule has 1 amide bonds. The Kier molecular flexibility index (Phi) is 6.45. The van der Waals surface area contributed by atoms with E-state index in [1.165, 1.54) is 0 Å². The van der Waals surface area contributed by atoms with Crippen molar-refractivity contribution in [1.82, 2.24) is 14.9 Å². The molecule has 1 heterocycles. The quantitative estimate of drug-likeness (QED) is 0.737. The summed E-state index contributed by atoms with van der Waals surface area (Å²) >= 11 is 0. The highest BCUT2D eigenvalue weighted by Crippen LogP contribution is 2.09. The normalized spacial score (nSPS) is 11.2. The molecule has 130 valence electrons. The average molecular weight is 333 g/mol. The van der Waals surface area contributed by atoms with Gasteiger partial charge in [-0.1, -0.05) is 12.1 Å². The third-order valence-corrected chi connectivity index (χ3v) is 3.58. The van der Waals surface area contributed by atoms with E-state index in [0.717, 1.165) is 0 Å². The molecule has 2 rings (SSSR count). The fourth-order valence-corrected chi connectivity index (χ4v) is 2.31. The lowest BCUT2D eigenvalue weighted by Crippen LogP contribution is -2.39. The van der Waals surface area contributed by atoms with Gasteiger partial charge in [0.25, 0.3) is 5.56 Å². The Balaban J connectivity index is 2.13. The minimum absolute atomic E-state index is 0.0284. The number of aromatic nitrogens is 2. The van der Waals surface area contributed by atoms with Crippen LogP contribution in [-0.2, 0) is 20.8 Å². The highest BCUT2D eigenvalue weighted by molar-refractivity contribution is 5.78. The molecule has 7 heteroatoms. The van der Waals surface area contributed by atoms with Crippen molar-refractivity contribution in [3.8, 4) is 0 Å². The van der Waals surface area contributed by atoms with Gasteiger partial charge in [-0.15, -0.1) is 0 Å². The summed E-state index contributed by atoms with van der Waals surface area (Å²) in [7, 11) is 1.58. The van der Waals surface area contributed by atoms with Gasteiger partial charge < -0.3 is 19.4 Å². The Morgan fingerprint density at radius 1 is 1.29 bits per heavy atom. The Morgan fingerprint density at radius 2 is 2.04 bits per heavy atom. The molecule has 7 nitrogen and oxygen atoms in total. The van der Waals surface area contributed by atoms with Gasteiger partial charge in [0.1, 0.15) is 12.4 Å². The van der Waals surface area contributed by atoms with Gasteiger partial charge in [0.05, 0.1) is 30.7 Å². The lowest BCUT2D eigenvalue weighted by atomic mass is 10.2. The lowest BCUT2D eigenvalue weighted by molar-refractivity contribution is -0.139. The van der Waals surface area contributed by atoms with Crippen molar-refractivity contribution in [2.75, 3.05) is 26.9 Å². The fraction of sp³-hybridized carbons (Fsp3) is 0.471. The van der Waals surface area contributed by atoms with Crippen molar-refractivity contribution in [2.24, 2.45) is 0 Å². The number of H-pyrrole nitrogens is 1. The minimum Gasteiger partial charge on any atom is -0.382 e. The molecule has 0 unspecified atom stereocenters. The third-order valence-electron chi connectivity index (χ3n) is 3.58. The number of nitrogens with one attached hydrogen (secondary N) is 1. The first-order valence-corrected chi connectivity index (χ1v) is 7.87. The molecule has 0 saturated heterocycles. The van der Waals surface area contributed by atoms with Gasteiger partial charge in [0.15, 0.2) is 0 Å². The Bertz CT molecular complexity index is 742. The SMILES string of the molecule is COCCOCC(=O)N(Cc1nc2ccccc2c(=O)[nH]1)C(C)C. The number of aromatic amines is 1. The highest BCUT2D eigenvalue weighted by atomic mass is 16.5. The van der Waals surface area contributed by atoms with Crippen LogP contribution in [0.1, 0.15) is 19.7 Å². The number of carbonyl (C=O) groups excluding carboxylic acids is 1. The molecule has 0 saturated carbocycles. The number of fused-ring (bicyclic) bond motifs is 1. The zero-order chi connectivity index (χ0) is 17.5. The molecule has 0 aliphatic carbocycles. The molecule has 0 aliphatic rings. The highest BCUT2D eigenvalue weighted by Gasteiger charge is 2.19. The van der Waals surface area contributed by atoms with Gasteiger partial charge in [-0.2, -0.15) is 0 Å². The summed E-state index contributed by atoms with van der Waals surface area (Å²) in [5.41, 5.74) is 0.409. The number of hydrogen-bond donors (Lipinski definition) is 1. The van der Waals surface area contributed by atoms with Gasteiger partial charge >= 0.3 is 0 Å². The topological polar surface area (TPSA) is 84.5 Å². The molecule has 1 aromatic carbocycles. The monoisotopic (exact) mass is 333 g/mol. The summed E-state index contributed by atoms with van der Waals surface area (Å²) in [5.74, 6) is 0.301. The van der Waals surface area contributed by atoms with Crippen molar-refractivity contribution in [3.05, 3.63) is 40.4 Å². The van der Waals surface area contributed by atoms with E-state index < -0.39 is 0 Å². The molecule has 0 spiro atoms. The molecule has 1 aromatic heterocycles. The largest absolute Gasteiger partial charge is 0.382 e. The summed E-state index contributed by atoms with van der Waals surface area (Å²) < 4.78 is 10.2. The molecular weight excluding hydrogens is 310 g/mol. The van der Waals surface area contributed by atoms with E-state index in [-0.39, 0.29) is 30.7 Å². The first kappa shape index (κ1) is 18.1. The summed E-state index contributed by atoms with van der Waals surface area (Å²) in [4.78, 5) is 33.3. The van der Waals surface area contributed by atoms with Crippen molar-refractivity contribution in [1.29, 1.82) is 0 Å². The van der Waals surface area contributed by atoms with Crippen molar-refractivity contribution < 1.29 is 14.3 Å². The van der Waals surface area contributed by atoms with E-state index in [1.54, 1.807) is 30.2 Å². The lowest BCUT2D eigenvalue weighted by Gasteiger charge is -2.26. The number of rotatable bonds is 8. The predicted molar refractivity (Wildman–Crippen MR) is 90.7 cm³/mol. The number of hydrogen-bond acceptors (Lipinski definition) is 5. The van der Waals surface area contributed by atoms with E-state index in [4.69, 9.17) is 9.47 Å². The molecule has 0 bridgehead atoms. The molecule has 2 aromatic rings. The number of ether oxygens (including phenoxy) is 2.